The van der Waals surface area contributed by atoms with E-state index in [0.29, 0.717) is 17.7 Å². The molecule has 5 rings (SSSR count). The number of primary amides is 1. The van der Waals surface area contributed by atoms with Crippen molar-refractivity contribution in [2.24, 2.45) is 23.0 Å². The van der Waals surface area contributed by atoms with Crippen molar-refractivity contribution in [1.82, 2.24) is 14.8 Å². The Morgan fingerprint density at radius 3 is 2.64 bits per heavy atom. The van der Waals surface area contributed by atoms with E-state index < -0.39 is 5.60 Å². The van der Waals surface area contributed by atoms with Gasteiger partial charge in [-0.1, -0.05) is 13.3 Å². The molecule has 1 amide bonds. The van der Waals surface area contributed by atoms with E-state index in [-0.39, 0.29) is 17.7 Å². The first-order chi connectivity index (χ1) is 11.9. The fourth-order valence-electron chi connectivity index (χ4n) is 6.22. The first kappa shape index (κ1) is 17.0. The zero-order valence-corrected chi connectivity index (χ0v) is 15.2. The molecule has 4 bridgehead atoms. The van der Waals surface area contributed by atoms with Gasteiger partial charge in [0.25, 0.3) is 0 Å². The minimum absolute atomic E-state index is 0.105. The Hall–Kier alpha value is -1.43. The largest absolute Gasteiger partial charge is 0.390 e. The number of aryl methyl sites for hydroxylation is 1. The van der Waals surface area contributed by atoms with Gasteiger partial charge in [-0.15, -0.1) is 0 Å². The Morgan fingerprint density at radius 2 is 2.04 bits per heavy atom. The molecule has 0 saturated heterocycles. The number of rotatable bonds is 7. The van der Waals surface area contributed by atoms with Gasteiger partial charge in [0.1, 0.15) is 5.82 Å². The highest BCUT2D eigenvalue weighted by Crippen LogP contribution is 2.62. The van der Waals surface area contributed by atoms with E-state index in [9.17, 15) is 9.90 Å². The highest BCUT2D eigenvalue weighted by Gasteiger charge is 2.57. The number of unbranched alkanes of at least 4 members (excludes halogenated alkanes) is 1. The van der Waals surface area contributed by atoms with Crippen molar-refractivity contribution in [2.75, 3.05) is 0 Å². The molecular weight excluding hydrogens is 316 g/mol. The molecule has 0 radical (unpaired) electrons. The molecule has 0 aromatic carbocycles. The number of nitrogens with zero attached hydrogens (tertiary/aromatic N) is 3. The molecule has 4 aliphatic carbocycles. The summed E-state index contributed by atoms with van der Waals surface area (Å²) in [4.78, 5) is 15.9. The van der Waals surface area contributed by atoms with Crippen LogP contribution < -0.4 is 5.73 Å². The molecule has 0 aliphatic heterocycles. The molecule has 4 saturated carbocycles. The highest BCUT2D eigenvalue weighted by atomic mass is 16.3. The third-order valence-corrected chi connectivity index (χ3v) is 6.53. The minimum Gasteiger partial charge on any atom is -0.390 e. The third kappa shape index (κ3) is 3.33. The van der Waals surface area contributed by atoms with Gasteiger partial charge in [-0.05, 0) is 62.2 Å². The van der Waals surface area contributed by atoms with Gasteiger partial charge in [0.05, 0.1) is 12.0 Å². The molecule has 25 heavy (non-hydrogen) atoms. The van der Waals surface area contributed by atoms with Crippen molar-refractivity contribution in [3.63, 3.8) is 0 Å². The summed E-state index contributed by atoms with van der Waals surface area (Å²) < 4.78 is 1.99. The number of aliphatic hydroxyl groups is 1. The van der Waals surface area contributed by atoms with Gasteiger partial charge in [0.2, 0.25) is 5.91 Å². The molecule has 0 spiro atoms. The number of aromatic nitrogens is 3. The second-order valence-corrected chi connectivity index (χ2v) is 9.03. The fraction of sp³-hybridized carbons (Fsp3) is 0.842. The van der Waals surface area contributed by atoms with Crippen LogP contribution >= 0.6 is 0 Å². The van der Waals surface area contributed by atoms with Crippen LogP contribution in [0.3, 0.4) is 0 Å². The molecule has 6 nitrogen and oxygen atoms in total. The molecular formula is C19H30N4O2. The molecule has 3 N–H and O–H groups in total. The van der Waals surface area contributed by atoms with Gasteiger partial charge >= 0.3 is 0 Å². The second kappa shape index (κ2) is 6.08. The lowest BCUT2D eigenvalue weighted by molar-refractivity contribution is -0.163. The fourth-order valence-corrected chi connectivity index (χ4v) is 6.22. The Labute approximate surface area is 149 Å². The zero-order chi connectivity index (χ0) is 17.7. The lowest BCUT2D eigenvalue weighted by Gasteiger charge is -2.60. The molecule has 1 aromatic heterocycles. The summed E-state index contributed by atoms with van der Waals surface area (Å²) in [6.07, 6.45) is 9.70. The Morgan fingerprint density at radius 1 is 1.32 bits per heavy atom. The van der Waals surface area contributed by atoms with E-state index in [1.54, 1.807) is 0 Å². The minimum atomic E-state index is -0.450. The summed E-state index contributed by atoms with van der Waals surface area (Å²) >= 11 is 0. The summed E-state index contributed by atoms with van der Waals surface area (Å²) in [5, 5.41) is 15.5. The Kier molecular flexibility index (Phi) is 4.13. The van der Waals surface area contributed by atoms with Crippen LogP contribution in [0.15, 0.2) is 0 Å². The Bertz CT molecular complexity index is 654. The number of carbonyl (C=O) groups excluding carboxylic acids is 1. The standard InChI is InChI=1S/C19H30N4O2/c1-2-3-4-23-17(21-16(22-23)6-15(20)24)11-18-7-13-5-14(8-18)10-19(25,9-13)12-18/h13-14,25H,2-12H2,1H3,(H2,20,24). The van der Waals surface area contributed by atoms with E-state index in [4.69, 9.17) is 5.73 Å². The quantitative estimate of drug-likeness (QED) is 0.789. The van der Waals surface area contributed by atoms with Crippen LogP contribution in [0.5, 0.6) is 0 Å². The van der Waals surface area contributed by atoms with Crippen molar-refractivity contribution in [2.45, 2.75) is 83.3 Å². The average Bonchev–Trinajstić information content (AvgIpc) is 2.82. The van der Waals surface area contributed by atoms with Crippen LogP contribution in [0.4, 0.5) is 0 Å². The maximum absolute atomic E-state index is 11.3. The maximum Gasteiger partial charge on any atom is 0.225 e. The smallest absolute Gasteiger partial charge is 0.225 e. The van der Waals surface area contributed by atoms with Gasteiger partial charge in [0.15, 0.2) is 5.82 Å². The summed E-state index contributed by atoms with van der Waals surface area (Å²) in [6, 6.07) is 0. The number of amides is 1. The first-order valence-electron chi connectivity index (χ1n) is 9.82. The first-order valence-corrected chi connectivity index (χ1v) is 9.82. The predicted molar refractivity (Wildman–Crippen MR) is 93.6 cm³/mol. The van der Waals surface area contributed by atoms with Crippen LogP contribution in [-0.4, -0.2) is 31.4 Å². The van der Waals surface area contributed by atoms with Crippen molar-refractivity contribution in [1.29, 1.82) is 0 Å². The normalized spacial score (nSPS) is 36.1. The van der Waals surface area contributed by atoms with Gasteiger partial charge in [0, 0.05) is 13.0 Å². The topological polar surface area (TPSA) is 94.0 Å². The van der Waals surface area contributed by atoms with E-state index >= 15 is 0 Å². The molecule has 1 heterocycles. The van der Waals surface area contributed by atoms with Crippen LogP contribution in [0.1, 0.15) is 69.9 Å². The van der Waals surface area contributed by atoms with Crippen molar-refractivity contribution < 1.29 is 9.90 Å². The molecule has 4 aliphatic rings. The van der Waals surface area contributed by atoms with Gasteiger partial charge in [-0.2, -0.15) is 5.10 Å². The van der Waals surface area contributed by atoms with Gasteiger partial charge in [-0.3, -0.25) is 4.79 Å². The molecule has 6 heteroatoms. The van der Waals surface area contributed by atoms with E-state index in [1.807, 2.05) is 4.68 Å². The van der Waals surface area contributed by atoms with Crippen molar-refractivity contribution >= 4 is 5.91 Å². The molecule has 1 aromatic rings. The third-order valence-electron chi connectivity index (χ3n) is 6.53. The number of carbonyl (C=O) groups is 1. The van der Waals surface area contributed by atoms with E-state index in [1.165, 1.54) is 19.3 Å². The van der Waals surface area contributed by atoms with E-state index in [2.05, 4.69) is 17.0 Å². The van der Waals surface area contributed by atoms with Crippen molar-refractivity contribution in [3.05, 3.63) is 11.6 Å². The maximum atomic E-state index is 11.3. The van der Waals surface area contributed by atoms with Crippen LogP contribution in [0.25, 0.3) is 0 Å². The Balaban J connectivity index is 1.59. The van der Waals surface area contributed by atoms with Gasteiger partial charge in [-0.25, -0.2) is 9.67 Å². The van der Waals surface area contributed by atoms with Crippen LogP contribution in [0.2, 0.25) is 0 Å². The predicted octanol–water partition coefficient (Wildman–Crippen LogP) is 1.98. The SMILES string of the molecule is CCCCn1nc(CC(N)=O)nc1CC12CC3CC(CC(O)(C3)C1)C2. The zero-order valence-electron chi connectivity index (χ0n) is 15.2. The summed E-state index contributed by atoms with van der Waals surface area (Å²) in [5.41, 5.74) is 5.04. The second-order valence-electron chi connectivity index (χ2n) is 9.03. The van der Waals surface area contributed by atoms with Crippen molar-refractivity contribution in [3.8, 4) is 0 Å². The van der Waals surface area contributed by atoms with E-state index in [0.717, 1.165) is 50.9 Å². The molecule has 4 fully saturated rings. The monoisotopic (exact) mass is 346 g/mol. The number of hydrogen-bond acceptors (Lipinski definition) is 4. The number of hydrogen-bond donors (Lipinski definition) is 2. The van der Waals surface area contributed by atoms with Crippen LogP contribution in [-0.2, 0) is 24.2 Å². The molecule has 2 unspecified atom stereocenters. The summed E-state index contributed by atoms with van der Waals surface area (Å²) in [5.74, 6) is 2.48. The lowest BCUT2D eigenvalue weighted by atomic mass is 9.47. The van der Waals surface area contributed by atoms with Gasteiger partial charge < -0.3 is 10.8 Å². The molecule has 2 atom stereocenters. The summed E-state index contributed by atoms with van der Waals surface area (Å²) in [6.45, 7) is 3.00. The lowest BCUT2D eigenvalue weighted by Crippen LogP contribution is -2.56. The summed E-state index contributed by atoms with van der Waals surface area (Å²) in [7, 11) is 0. The molecule has 138 valence electrons. The number of nitrogens with two attached hydrogens (primary N) is 1. The highest BCUT2D eigenvalue weighted by molar-refractivity contribution is 5.75. The average molecular weight is 346 g/mol. The van der Waals surface area contributed by atoms with Crippen LogP contribution in [0, 0.1) is 17.3 Å².